The molecule has 3 heterocycles. The topological polar surface area (TPSA) is 80.0 Å². The Balaban J connectivity index is 1.87. The summed E-state index contributed by atoms with van der Waals surface area (Å²) in [7, 11) is 2.14. The van der Waals surface area contributed by atoms with Gasteiger partial charge in [-0.2, -0.15) is 9.97 Å². The molecule has 0 amide bonds. The van der Waals surface area contributed by atoms with Crippen molar-refractivity contribution >= 4 is 22.8 Å². The molecule has 114 valence electrons. The van der Waals surface area contributed by atoms with Crippen LogP contribution in [0.4, 0.5) is 11.8 Å². The summed E-state index contributed by atoms with van der Waals surface area (Å²) >= 11 is 0. The summed E-state index contributed by atoms with van der Waals surface area (Å²) in [5.74, 6) is 6.77. The van der Waals surface area contributed by atoms with Crippen molar-refractivity contribution in [2.75, 3.05) is 31.2 Å². The van der Waals surface area contributed by atoms with Crippen LogP contribution in [0.15, 0.2) is 12.1 Å². The molecule has 6 nitrogen and oxygen atoms in total. The number of nitrogens with one attached hydrogen (secondary N) is 1. The normalized spacial score (nSPS) is 16.3. The molecule has 22 heavy (non-hydrogen) atoms. The van der Waals surface area contributed by atoms with Gasteiger partial charge < -0.3 is 16.0 Å². The lowest BCUT2D eigenvalue weighted by atomic mass is 10.1. The van der Waals surface area contributed by atoms with Crippen LogP contribution in [0, 0.1) is 11.8 Å². The molecule has 1 aliphatic heterocycles. The number of nitrogens with two attached hydrogens (primary N) is 1. The minimum Gasteiger partial charge on any atom is -0.383 e. The van der Waals surface area contributed by atoms with Crippen LogP contribution in [0.3, 0.4) is 0 Å². The van der Waals surface area contributed by atoms with Crippen molar-refractivity contribution in [2.24, 2.45) is 0 Å². The Labute approximate surface area is 130 Å². The fourth-order valence-electron chi connectivity index (χ4n) is 2.63. The zero-order valence-electron chi connectivity index (χ0n) is 12.9. The summed E-state index contributed by atoms with van der Waals surface area (Å²) in [5, 5.41) is 4.14. The first-order valence-electron chi connectivity index (χ1n) is 7.48. The number of rotatable bonds is 2. The number of nitrogen functional groups attached to an aromatic ring is 1. The SMILES string of the molecule is CC#Cc1ccc2c(N)nc(NC3CCN(C)CC3)nc2n1. The van der Waals surface area contributed by atoms with E-state index in [9.17, 15) is 0 Å². The molecule has 2 aromatic heterocycles. The first-order chi connectivity index (χ1) is 10.7. The van der Waals surface area contributed by atoms with Gasteiger partial charge in [0.2, 0.25) is 5.95 Å². The number of aromatic nitrogens is 3. The van der Waals surface area contributed by atoms with E-state index >= 15 is 0 Å². The second-order valence-corrected chi connectivity index (χ2v) is 5.60. The molecule has 3 rings (SSSR count). The van der Waals surface area contributed by atoms with E-state index in [0.717, 1.165) is 31.3 Å². The highest BCUT2D eigenvalue weighted by atomic mass is 15.2. The maximum atomic E-state index is 6.03. The molecule has 0 unspecified atom stereocenters. The zero-order valence-corrected chi connectivity index (χ0v) is 12.9. The predicted octanol–water partition coefficient (Wildman–Crippen LogP) is 1.48. The second kappa shape index (κ2) is 6.16. The van der Waals surface area contributed by atoms with E-state index < -0.39 is 0 Å². The van der Waals surface area contributed by atoms with Crippen molar-refractivity contribution in [1.82, 2.24) is 19.9 Å². The largest absolute Gasteiger partial charge is 0.383 e. The van der Waals surface area contributed by atoms with Gasteiger partial charge in [-0.15, -0.1) is 0 Å². The average Bonchev–Trinajstić information content (AvgIpc) is 2.50. The van der Waals surface area contributed by atoms with Gasteiger partial charge in [0.15, 0.2) is 5.65 Å². The second-order valence-electron chi connectivity index (χ2n) is 5.60. The first kappa shape index (κ1) is 14.5. The molecule has 1 aliphatic rings. The Hall–Kier alpha value is -2.39. The average molecular weight is 296 g/mol. The van der Waals surface area contributed by atoms with Crippen LogP contribution in [0.1, 0.15) is 25.5 Å². The van der Waals surface area contributed by atoms with Gasteiger partial charge in [-0.25, -0.2) is 4.98 Å². The van der Waals surface area contributed by atoms with Gasteiger partial charge in [-0.1, -0.05) is 5.92 Å². The molecular weight excluding hydrogens is 276 g/mol. The molecule has 0 atom stereocenters. The maximum absolute atomic E-state index is 6.03. The Bertz CT molecular complexity index is 737. The number of hydrogen-bond donors (Lipinski definition) is 2. The van der Waals surface area contributed by atoms with Crippen molar-refractivity contribution < 1.29 is 0 Å². The lowest BCUT2D eigenvalue weighted by molar-refractivity contribution is 0.263. The van der Waals surface area contributed by atoms with E-state index in [-0.39, 0.29) is 0 Å². The third-order valence-corrected chi connectivity index (χ3v) is 3.89. The van der Waals surface area contributed by atoms with Crippen molar-refractivity contribution in [3.05, 3.63) is 17.8 Å². The van der Waals surface area contributed by atoms with E-state index in [1.165, 1.54) is 0 Å². The van der Waals surface area contributed by atoms with Crippen LogP contribution < -0.4 is 11.1 Å². The van der Waals surface area contributed by atoms with Crippen molar-refractivity contribution in [3.63, 3.8) is 0 Å². The predicted molar refractivity (Wildman–Crippen MR) is 88.4 cm³/mol. The molecule has 0 bridgehead atoms. The Kier molecular flexibility index (Phi) is 4.07. The lowest BCUT2D eigenvalue weighted by Gasteiger charge is -2.29. The minimum atomic E-state index is 0.381. The van der Waals surface area contributed by atoms with Crippen molar-refractivity contribution in [1.29, 1.82) is 0 Å². The van der Waals surface area contributed by atoms with E-state index in [1.54, 1.807) is 6.92 Å². The van der Waals surface area contributed by atoms with Crippen LogP contribution in [-0.2, 0) is 0 Å². The highest BCUT2D eigenvalue weighted by Gasteiger charge is 2.18. The van der Waals surface area contributed by atoms with Gasteiger partial charge in [-0.3, -0.25) is 0 Å². The number of piperidine rings is 1. The third kappa shape index (κ3) is 3.10. The van der Waals surface area contributed by atoms with E-state index in [0.29, 0.717) is 29.1 Å². The lowest BCUT2D eigenvalue weighted by Crippen LogP contribution is -2.37. The number of fused-ring (bicyclic) bond motifs is 1. The maximum Gasteiger partial charge on any atom is 0.226 e. The summed E-state index contributed by atoms with van der Waals surface area (Å²) in [6.07, 6.45) is 2.15. The van der Waals surface area contributed by atoms with Crippen LogP contribution in [0.5, 0.6) is 0 Å². The molecule has 0 radical (unpaired) electrons. The molecule has 1 saturated heterocycles. The highest BCUT2D eigenvalue weighted by Crippen LogP contribution is 2.20. The number of hydrogen-bond acceptors (Lipinski definition) is 6. The number of nitrogens with zero attached hydrogens (tertiary/aromatic N) is 4. The zero-order chi connectivity index (χ0) is 15.5. The van der Waals surface area contributed by atoms with E-state index in [4.69, 9.17) is 5.73 Å². The summed E-state index contributed by atoms with van der Waals surface area (Å²) < 4.78 is 0. The molecule has 2 aromatic rings. The van der Waals surface area contributed by atoms with E-state index in [1.807, 2.05) is 12.1 Å². The summed E-state index contributed by atoms with van der Waals surface area (Å²) in [6, 6.07) is 4.09. The van der Waals surface area contributed by atoms with Gasteiger partial charge in [0.25, 0.3) is 0 Å². The van der Waals surface area contributed by atoms with Crippen LogP contribution in [0.25, 0.3) is 11.0 Å². The third-order valence-electron chi connectivity index (χ3n) is 3.89. The molecule has 3 N–H and O–H groups in total. The molecule has 1 fully saturated rings. The molecular formula is C16H20N6. The van der Waals surface area contributed by atoms with Crippen LogP contribution >= 0.6 is 0 Å². The van der Waals surface area contributed by atoms with Crippen molar-refractivity contribution in [3.8, 4) is 11.8 Å². The van der Waals surface area contributed by atoms with Gasteiger partial charge in [0.1, 0.15) is 11.5 Å². The number of pyridine rings is 1. The number of anilines is 2. The van der Waals surface area contributed by atoms with Crippen LogP contribution in [-0.4, -0.2) is 46.0 Å². The van der Waals surface area contributed by atoms with Crippen LogP contribution in [0.2, 0.25) is 0 Å². The monoisotopic (exact) mass is 296 g/mol. The molecule has 0 saturated carbocycles. The molecule has 0 spiro atoms. The fourth-order valence-corrected chi connectivity index (χ4v) is 2.63. The summed E-state index contributed by atoms with van der Waals surface area (Å²) in [5.41, 5.74) is 7.31. The van der Waals surface area contributed by atoms with Gasteiger partial charge in [0, 0.05) is 6.04 Å². The first-order valence-corrected chi connectivity index (χ1v) is 7.48. The quantitative estimate of drug-likeness (QED) is 0.817. The Morgan fingerprint density at radius 1 is 1.23 bits per heavy atom. The smallest absolute Gasteiger partial charge is 0.226 e. The standard InChI is InChI=1S/C16H20N6/c1-3-4-11-5-6-13-14(17)20-16(21-15(13)18-11)19-12-7-9-22(2)10-8-12/h5-6,12H,7-10H2,1-2H3,(H3,17,18,19,20,21). The minimum absolute atomic E-state index is 0.381. The number of likely N-dealkylation sites (tertiary alicyclic amines) is 1. The Morgan fingerprint density at radius 2 is 2.00 bits per heavy atom. The molecule has 6 heteroatoms. The van der Waals surface area contributed by atoms with Gasteiger partial charge in [0.05, 0.1) is 5.39 Å². The summed E-state index contributed by atoms with van der Waals surface area (Å²) in [4.78, 5) is 15.6. The van der Waals surface area contributed by atoms with E-state index in [2.05, 4.69) is 44.1 Å². The van der Waals surface area contributed by atoms with Crippen molar-refractivity contribution in [2.45, 2.75) is 25.8 Å². The highest BCUT2D eigenvalue weighted by molar-refractivity contribution is 5.86. The van der Waals surface area contributed by atoms with Gasteiger partial charge in [-0.05, 0) is 58.0 Å². The molecule has 0 aliphatic carbocycles. The fraction of sp³-hybridized carbons (Fsp3) is 0.438. The molecule has 0 aromatic carbocycles. The summed E-state index contributed by atoms with van der Waals surface area (Å²) in [6.45, 7) is 3.94. The Morgan fingerprint density at radius 3 is 2.73 bits per heavy atom. The van der Waals surface area contributed by atoms with Gasteiger partial charge >= 0.3 is 0 Å².